The molecule has 0 saturated heterocycles. The first-order valence-corrected chi connectivity index (χ1v) is 8.03. The molecule has 0 N–H and O–H groups in total. The third-order valence-electron chi connectivity index (χ3n) is 4.18. The van der Waals surface area contributed by atoms with E-state index in [1.165, 1.54) is 0 Å². The third-order valence-corrected chi connectivity index (χ3v) is 4.18. The Balaban J connectivity index is 1.85. The fraction of sp³-hybridized carbons (Fsp3) is 0.143. The first kappa shape index (κ1) is 15.4. The molecule has 0 bridgehead atoms. The molecule has 3 aromatic rings. The fourth-order valence-electron chi connectivity index (χ4n) is 2.90. The van der Waals surface area contributed by atoms with Crippen LogP contribution in [-0.2, 0) is 0 Å². The molecule has 0 spiro atoms. The van der Waals surface area contributed by atoms with E-state index in [9.17, 15) is 9.59 Å². The van der Waals surface area contributed by atoms with Crippen LogP contribution < -0.4 is 10.4 Å². The topological polar surface area (TPSA) is 56.5 Å². The molecule has 2 heterocycles. The molecule has 0 saturated carbocycles. The highest BCUT2D eigenvalue weighted by Gasteiger charge is 2.23. The van der Waals surface area contributed by atoms with Gasteiger partial charge in [0.1, 0.15) is 22.5 Å². The Bertz CT molecular complexity index is 1070. The lowest BCUT2D eigenvalue weighted by atomic mass is 9.99. The summed E-state index contributed by atoms with van der Waals surface area (Å²) in [5.74, 6) is 0.312. The van der Waals surface area contributed by atoms with Gasteiger partial charge in [-0.25, -0.2) is 4.79 Å². The number of ether oxygens (including phenoxy) is 1. The van der Waals surface area contributed by atoms with Crippen molar-refractivity contribution < 1.29 is 13.9 Å². The molecule has 0 fully saturated rings. The van der Waals surface area contributed by atoms with Gasteiger partial charge in [-0.05, 0) is 32.1 Å². The van der Waals surface area contributed by atoms with Crippen molar-refractivity contribution in [2.24, 2.45) is 0 Å². The van der Waals surface area contributed by atoms with E-state index in [-0.39, 0.29) is 11.3 Å². The van der Waals surface area contributed by atoms with E-state index in [1.54, 1.807) is 36.4 Å². The molecule has 0 radical (unpaired) electrons. The summed E-state index contributed by atoms with van der Waals surface area (Å²) in [5.41, 5.74) is 0.714. The van der Waals surface area contributed by atoms with Crippen molar-refractivity contribution in [2.75, 3.05) is 0 Å². The van der Waals surface area contributed by atoms with Crippen LogP contribution in [0.5, 0.6) is 5.75 Å². The lowest BCUT2D eigenvalue weighted by molar-refractivity contribution is 0.103. The zero-order valence-corrected chi connectivity index (χ0v) is 13.9. The van der Waals surface area contributed by atoms with Crippen molar-refractivity contribution in [3.63, 3.8) is 0 Å². The van der Waals surface area contributed by atoms with Gasteiger partial charge in [0.15, 0.2) is 5.78 Å². The maximum absolute atomic E-state index is 12.6. The molecule has 0 unspecified atom stereocenters. The van der Waals surface area contributed by atoms with E-state index in [0.717, 1.165) is 5.56 Å². The van der Waals surface area contributed by atoms with Gasteiger partial charge in [0.25, 0.3) is 0 Å². The molecular weight excluding hydrogens is 316 g/mol. The average Bonchev–Trinajstić information content (AvgIpc) is 2.59. The van der Waals surface area contributed by atoms with Crippen molar-refractivity contribution >= 4 is 22.8 Å². The van der Waals surface area contributed by atoms with E-state index in [1.807, 2.05) is 38.1 Å². The minimum absolute atomic E-state index is 0.0275. The first-order valence-electron chi connectivity index (χ1n) is 8.03. The zero-order chi connectivity index (χ0) is 17.6. The van der Waals surface area contributed by atoms with Crippen LogP contribution >= 0.6 is 0 Å². The minimum Gasteiger partial charge on any atom is -0.483 e. The minimum atomic E-state index is -0.646. The Morgan fingerprint density at radius 1 is 1.04 bits per heavy atom. The van der Waals surface area contributed by atoms with Crippen molar-refractivity contribution in [3.8, 4) is 5.75 Å². The van der Waals surface area contributed by atoms with Gasteiger partial charge in [0, 0.05) is 22.6 Å². The summed E-state index contributed by atoms with van der Waals surface area (Å²) < 4.78 is 11.3. The Morgan fingerprint density at radius 2 is 1.80 bits per heavy atom. The summed E-state index contributed by atoms with van der Waals surface area (Å²) >= 11 is 0. The highest BCUT2D eigenvalue weighted by Crippen LogP contribution is 2.34. The molecule has 1 aliphatic heterocycles. The van der Waals surface area contributed by atoms with E-state index in [0.29, 0.717) is 22.3 Å². The molecule has 0 atom stereocenters. The lowest BCUT2D eigenvalue weighted by Crippen LogP contribution is -2.27. The van der Waals surface area contributed by atoms with Gasteiger partial charge in [-0.1, -0.05) is 36.4 Å². The number of benzene rings is 2. The summed E-state index contributed by atoms with van der Waals surface area (Å²) in [5, 5.41) is 0.686. The largest absolute Gasteiger partial charge is 0.483 e. The van der Waals surface area contributed by atoms with Crippen molar-refractivity contribution in [3.05, 3.63) is 81.7 Å². The monoisotopic (exact) mass is 332 g/mol. The summed E-state index contributed by atoms with van der Waals surface area (Å²) in [6, 6.07) is 13.8. The zero-order valence-electron chi connectivity index (χ0n) is 13.9. The Kier molecular flexibility index (Phi) is 3.35. The standard InChI is InChI=1S/C21H16O4/c1-21(2)9-8-14-10-15-11-16(19(22)13-6-4-3-5-7-13)20(23)24-17(15)12-18(14)25-21/h3-12H,1-2H3. The highest BCUT2D eigenvalue weighted by molar-refractivity contribution is 6.09. The second-order valence-electron chi connectivity index (χ2n) is 6.61. The van der Waals surface area contributed by atoms with E-state index < -0.39 is 11.2 Å². The molecular formula is C21H16O4. The van der Waals surface area contributed by atoms with Crippen molar-refractivity contribution in [1.29, 1.82) is 0 Å². The van der Waals surface area contributed by atoms with Crippen LogP contribution in [0.4, 0.5) is 0 Å². The van der Waals surface area contributed by atoms with Crippen LogP contribution in [0.3, 0.4) is 0 Å². The average molecular weight is 332 g/mol. The Labute approximate surface area is 144 Å². The smallest absolute Gasteiger partial charge is 0.347 e. The number of rotatable bonds is 2. The van der Waals surface area contributed by atoms with Gasteiger partial charge in [-0.2, -0.15) is 0 Å². The van der Waals surface area contributed by atoms with E-state index >= 15 is 0 Å². The lowest BCUT2D eigenvalue weighted by Gasteiger charge is -2.27. The second kappa shape index (κ2) is 5.45. The number of ketones is 1. The summed E-state index contributed by atoms with van der Waals surface area (Å²) in [4.78, 5) is 24.9. The second-order valence-corrected chi connectivity index (χ2v) is 6.61. The molecule has 25 heavy (non-hydrogen) atoms. The predicted octanol–water partition coefficient (Wildman–Crippen LogP) is 4.21. The predicted molar refractivity (Wildman–Crippen MR) is 96.1 cm³/mol. The number of hydrogen-bond donors (Lipinski definition) is 0. The molecule has 0 amide bonds. The van der Waals surface area contributed by atoms with Crippen LogP contribution in [-0.4, -0.2) is 11.4 Å². The molecule has 0 aliphatic carbocycles. The Morgan fingerprint density at radius 3 is 2.56 bits per heavy atom. The van der Waals surface area contributed by atoms with Crippen LogP contribution in [0.25, 0.3) is 17.0 Å². The number of hydrogen-bond acceptors (Lipinski definition) is 4. The molecule has 1 aliphatic rings. The van der Waals surface area contributed by atoms with Crippen LogP contribution in [0.2, 0.25) is 0 Å². The van der Waals surface area contributed by atoms with Gasteiger partial charge in [-0.3, -0.25) is 4.79 Å². The highest BCUT2D eigenvalue weighted by atomic mass is 16.5. The number of carbonyl (C=O) groups excluding carboxylic acids is 1. The van der Waals surface area contributed by atoms with Gasteiger partial charge < -0.3 is 9.15 Å². The molecule has 4 heteroatoms. The fourth-order valence-corrected chi connectivity index (χ4v) is 2.90. The van der Waals surface area contributed by atoms with Crippen molar-refractivity contribution in [1.82, 2.24) is 0 Å². The molecule has 124 valence electrons. The molecule has 1 aromatic heterocycles. The molecule has 2 aromatic carbocycles. The van der Waals surface area contributed by atoms with E-state index in [2.05, 4.69) is 0 Å². The van der Waals surface area contributed by atoms with Gasteiger partial charge in [0.2, 0.25) is 0 Å². The van der Waals surface area contributed by atoms with Gasteiger partial charge in [-0.15, -0.1) is 0 Å². The quantitative estimate of drug-likeness (QED) is 0.521. The van der Waals surface area contributed by atoms with Crippen LogP contribution in [0.1, 0.15) is 35.3 Å². The Hall–Kier alpha value is -3.14. The maximum atomic E-state index is 12.6. The first-order chi connectivity index (χ1) is 11.9. The molecule has 4 rings (SSSR count). The third kappa shape index (κ3) is 2.76. The summed E-state index contributed by atoms with van der Waals surface area (Å²) in [7, 11) is 0. The SMILES string of the molecule is CC1(C)C=Cc2cc3cc(C(=O)c4ccccc4)c(=O)oc3cc2O1. The summed E-state index contributed by atoms with van der Waals surface area (Å²) in [6.07, 6.45) is 3.94. The van der Waals surface area contributed by atoms with Gasteiger partial charge in [0.05, 0.1) is 0 Å². The van der Waals surface area contributed by atoms with E-state index in [4.69, 9.17) is 9.15 Å². The number of fused-ring (bicyclic) bond motifs is 2. The van der Waals surface area contributed by atoms with Crippen LogP contribution in [0, 0.1) is 0 Å². The molecule has 4 nitrogen and oxygen atoms in total. The van der Waals surface area contributed by atoms with Crippen molar-refractivity contribution in [2.45, 2.75) is 19.4 Å². The number of carbonyl (C=O) groups is 1. The maximum Gasteiger partial charge on any atom is 0.347 e. The normalized spacial score (nSPS) is 14.8. The van der Waals surface area contributed by atoms with Gasteiger partial charge >= 0.3 is 5.63 Å². The van der Waals surface area contributed by atoms with Crippen LogP contribution in [0.15, 0.2) is 63.8 Å². The summed E-state index contributed by atoms with van der Waals surface area (Å²) in [6.45, 7) is 3.91.